The number of amides is 1. The largest absolute Gasteiger partial charge is 0.493 e. The highest BCUT2D eigenvalue weighted by Crippen LogP contribution is 2.31. The van der Waals surface area contributed by atoms with Crippen molar-refractivity contribution in [1.82, 2.24) is 5.32 Å². The molecule has 0 spiro atoms. The lowest BCUT2D eigenvalue weighted by Crippen LogP contribution is -3.12. The third-order valence-electron chi connectivity index (χ3n) is 5.05. The van der Waals surface area contributed by atoms with Crippen molar-refractivity contribution in [2.75, 3.05) is 27.3 Å². The first-order valence-electron chi connectivity index (χ1n) is 9.12. The number of carbonyl (C=O) groups excluding carboxylic acids is 1. The van der Waals surface area contributed by atoms with Gasteiger partial charge < -0.3 is 19.7 Å². The molecule has 0 fully saturated rings. The number of halogens is 1. The van der Waals surface area contributed by atoms with Gasteiger partial charge in [0.2, 0.25) is 0 Å². The van der Waals surface area contributed by atoms with Crippen molar-refractivity contribution in [3.63, 3.8) is 0 Å². The fourth-order valence-electron chi connectivity index (χ4n) is 3.53. The molecule has 0 saturated carbocycles. The summed E-state index contributed by atoms with van der Waals surface area (Å²) in [4.78, 5) is 13.7. The Kier molecular flexibility index (Phi) is 6.24. The van der Waals surface area contributed by atoms with E-state index in [1.54, 1.807) is 14.2 Å². The molecule has 0 aliphatic carbocycles. The summed E-state index contributed by atoms with van der Waals surface area (Å²) in [6.07, 6.45) is 0.922. The minimum atomic E-state index is -0.0457. The van der Waals surface area contributed by atoms with Crippen molar-refractivity contribution in [2.45, 2.75) is 25.9 Å². The van der Waals surface area contributed by atoms with E-state index in [1.165, 1.54) is 16.0 Å². The Bertz CT molecular complexity index is 808. The summed E-state index contributed by atoms with van der Waals surface area (Å²) in [5.41, 5.74) is 3.53. The Morgan fingerprint density at radius 1 is 1.15 bits per heavy atom. The van der Waals surface area contributed by atoms with Gasteiger partial charge in [-0.05, 0) is 42.3 Å². The van der Waals surface area contributed by atoms with E-state index in [-0.39, 0.29) is 11.9 Å². The Hall–Kier alpha value is -2.24. The van der Waals surface area contributed by atoms with E-state index in [0.717, 1.165) is 36.6 Å². The third kappa shape index (κ3) is 4.73. The van der Waals surface area contributed by atoms with Gasteiger partial charge in [0.25, 0.3) is 5.91 Å². The van der Waals surface area contributed by atoms with Crippen LogP contribution in [0.3, 0.4) is 0 Å². The molecule has 1 heterocycles. The molecule has 6 heteroatoms. The number of quaternary nitrogens is 1. The highest BCUT2D eigenvalue weighted by atomic mass is 35.5. The van der Waals surface area contributed by atoms with Gasteiger partial charge in [0.15, 0.2) is 18.0 Å². The summed E-state index contributed by atoms with van der Waals surface area (Å²) in [5.74, 6) is 1.55. The second kappa shape index (κ2) is 8.63. The van der Waals surface area contributed by atoms with Crippen molar-refractivity contribution in [3.05, 3.63) is 58.1 Å². The van der Waals surface area contributed by atoms with E-state index in [2.05, 4.69) is 5.32 Å². The number of benzene rings is 2. The average Bonchev–Trinajstić information content (AvgIpc) is 2.67. The molecule has 1 aliphatic heterocycles. The number of fused-ring (bicyclic) bond motifs is 1. The van der Waals surface area contributed by atoms with Crippen LogP contribution in [0.25, 0.3) is 0 Å². The smallest absolute Gasteiger partial charge is 0.275 e. The summed E-state index contributed by atoms with van der Waals surface area (Å²) in [5, 5.41) is 3.78. The SMILES string of the molecule is COc1cc2c(cc1OC)C[NH+](CC(=O)N[C@H](C)c1ccc(Cl)cc1)CC2. The summed E-state index contributed by atoms with van der Waals surface area (Å²) in [6, 6.07) is 11.6. The predicted molar refractivity (Wildman–Crippen MR) is 106 cm³/mol. The van der Waals surface area contributed by atoms with E-state index < -0.39 is 0 Å². The normalized spacial score (nSPS) is 17.0. The Morgan fingerprint density at radius 3 is 2.41 bits per heavy atom. The molecule has 2 atom stereocenters. The van der Waals surface area contributed by atoms with Crippen LogP contribution < -0.4 is 19.7 Å². The van der Waals surface area contributed by atoms with Crippen molar-refractivity contribution < 1.29 is 19.2 Å². The fraction of sp³-hybridized carbons (Fsp3) is 0.381. The van der Waals surface area contributed by atoms with E-state index in [4.69, 9.17) is 21.1 Å². The van der Waals surface area contributed by atoms with Gasteiger partial charge in [-0.15, -0.1) is 0 Å². The topological polar surface area (TPSA) is 52.0 Å². The molecule has 144 valence electrons. The lowest BCUT2D eigenvalue weighted by Gasteiger charge is -2.27. The van der Waals surface area contributed by atoms with Gasteiger partial charge in [0, 0.05) is 17.0 Å². The first kappa shape index (κ1) is 19.5. The fourth-order valence-corrected chi connectivity index (χ4v) is 3.66. The molecule has 27 heavy (non-hydrogen) atoms. The first-order valence-corrected chi connectivity index (χ1v) is 9.50. The molecule has 1 aliphatic rings. The maximum absolute atomic E-state index is 12.5. The van der Waals surface area contributed by atoms with Crippen LogP contribution in [-0.4, -0.2) is 33.2 Å². The standard InChI is InChI=1S/C21H25ClN2O3/c1-14(15-4-6-18(22)7-5-15)23-21(25)13-24-9-8-16-10-19(26-2)20(27-3)11-17(16)12-24/h4-7,10-11,14H,8-9,12-13H2,1-3H3,(H,23,25)/p+1/t14-/m1/s1. The molecular formula is C21H26ClN2O3+. The van der Waals surface area contributed by atoms with Crippen molar-refractivity contribution >= 4 is 17.5 Å². The first-order chi connectivity index (χ1) is 13.0. The number of methoxy groups -OCH3 is 2. The van der Waals surface area contributed by atoms with Gasteiger partial charge in [0.1, 0.15) is 6.54 Å². The lowest BCUT2D eigenvalue weighted by molar-refractivity contribution is -0.908. The maximum atomic E-state index is 12.5. The number of nitrogens with one attached hydrogen (secondary N) is 2. The van der Waals surface area contributed by atoms with E-state index in [1.807, 2.05) is 43.3 Å². The van der Waals surface area contributed by atoms with Crippen LogP contribution in [0, 0.1) is 0 Å². The van der Waals surface area contributed by atoms with Crippen LogP contribution in [0.15, 0.2) is 36.4 Å². The van der Waals surface area contributed by atoms with Crippen LogP contribution in [0.2, 0.25) is 5.02 Å². The average molecular weight is 390 g/mol. The van der Waals surface area contributed by atoms with E-state index >= 15 is 0 Å². The molecule has 5 nitrogen and oxygen atoms in total. The van der Waals surface area contributed by atoms with Gasteiger partial charge >= 0.3 is 0 Å². The molecule has 1 unspecified atom stereocenters. The van der Waals surface area contributed by atoms with Crippen molar-refractivity contribution in [3.8, 4) is 11.5 Å². The molecule has 2 aromatic carbocycles. The van der Waals surface area contributed by atoms with E-state index in [0.29, 0.717) is 11.6 Å². The molecule has 2 N–H and O–H groups in total. The van der Waals surface area contributed by atoms with Gasteiger partial charge in [-0.2, -0.15) is 0 Å². The van der Waals surface area contributed by atoms with Crippen molar-refractivity contribution in [2.24, 2.45) is 0 Å². The number of hydrogen-bond acceptors (Lipinski definition) is 3. The lowest BCUT2D eigenvalue weighted by atomic mass is 9.98. The number of rotatable bonds is 6. The molecule has 2 aromatic rings. The van der Waals surface area contributed by atoms with Crippen LogP contribution >= 0.6 is 11.6 Å². The summed E-state index contributed by atoms with van der Waals surface area (Å²) in [6.45, 7) is 4.16. The van der Waals surface area contributed by atoms with Gasteiger partial charge in [-0.1, -0.05) is 23.7 Å². The predicted octanol–water partition coefficient (Wildman–Crippen LogP) is 2.18. The van der Waals surface area contributed by atoms with Gasteiger partial charge in [-0.3, -0.25) is 4.79 Å². The highest BCUT2D eigenvalue weighted by molar-refractivity contribution is 6.30. The van der Waals surface area contributed by atoms with Gasteiger partial charge in [-0.25, -0.2) is 0 Å². The van der Waals surface area contributed by atoms with Crippen molar-refractivity contribution in [1.29, 1.82) is 0 Å². The zero-order chi connectivity index (χ0) is 19.4. The molecule has 0 saturated heterocycles. The van der Waals surface area contributed by atoms with Crippen LogP contribution in [0.5, 0.6) is 11.5 Å². The molecular weight excluding hydrogens is 364 g/mol. The zero-order valence-electron chi connectivity index (χ0n) is 16.0. The Labute approximate surface area is 165 Å². The van der Waals surface area contributed by atoms with Crippen LogP contribution in [0.4, 0.5) is 0 Å². The van der Waals surface area contributed by atoms with Crippen LogP contribution in [0.1, 0.15) is 29.7 Å². The molecule has 0 aromatic heterocycles. The Balaban J connectivity index is 1.60. The third-order valence-corrected chi connectivity index (χ3v) is 5.30. The molecule has 0 bridgehead atoms. The molecule has 1 amide bonds. The van der Waals surface area contributed by atoms with Gasteiger partial charge in [0.05, 0.1) is 26.8 Å². The minimum Gasteiger partial charge on any atom is -0.493 e. The molecule has 3 rings (SSSR count). The zero-order valence-corrected chi connectivity index (χ0v) is 16.7. The monoisotopic (exact) mass is 389 g/mol. The van der Waals surface area contributed by atoms with Crippen LogP contribution in [-0.2, 0) is 17.8 Å². The number of carbonyl (C=O) groups is 1. The minimum absolute atomic E-state index is 0.0457. The summed E-state index contributed by atoms with van der Waals surface area (Å²) in [7, 11) is 3.29. The summed E-state index contributed by atoms with van der Waals surface area (Å²) < 4.78 is 10.8. The number of hydrogen-bond donors (Lipinski definition) is 2. The summed E-state index contributed by atoms with van der Waals surface area (Å²) >= 11 is 5.93. The number of ether oxygens (including phenoxy) is 2. The quantitative estimate of drug-likeness (QED) is 0.796. The van der Waals surface area contributed by atoms with E-state index in [9.17, 15) is 4.79 Å². The maximum Gasteiger partial charge on any atom is 0.275 e. The second-order valence-corrected chi connectivity index (χ2v) is 7.36. The Morgan fingerprint density at radius 2 is 1.78 bits per heavy atom. The molecule has 0 radical (unpaired) electrons. The second-order valence-electron chi connectivity index (χ2n) is 6.92. The highest BCUT2D eigenvalue weighted by Gasteiger charge is 2.24.